The SMILES string of the molecule is CCOc1cc(C)c(C2CN(C)CCN2)cc1C. The molecule has 1 N–H and O–H groups in total. The molecule has 3 heteroatoms. The number of aryl methyl sites for hydroxylation is 2. The van der Waals surface area contributed by atoms with Gasteiger partial charge < -0.3 is 15.0 Å². The number of benzene rings is 1. The van der Waals surface area contributed by atoms with E-state index in [-0.39, 0.29) is 0 Å². The predicted molar refractivity (Wildman–Crippen MR) is 75.3 cm³/mol. The summed E-state index contributed by atoms with van der Waals surface area (Å²) in [6.07, 6.45) is 0. The van der Waals surface area contributed by atoms with Crippen LogP contribution in [0.5, 0.6) is 5.75 Å². The Morgan fingerprint density at radius 3 is 2.78 bits per heavy atom. The van der Waals surface area contributed by atoms with Crippen LogP contribution in [0, 0.1) is 13.8 Å². The number of hydrogen-bond donors (Lipinski definition) is 1. The monoisotopic (exact) mass is 248 g/mol. The number of nitrogens with zero attached hydrogens (tertiary/aromatic N) is 1. The van der Waals surface area contributed by atoms with Gasteiger partial charge in [-0.3, -0.25) is 0 Å². The minimum absolute atomic E-state index is 0.443. The standard InChI is InChI=1S/C15H24N2O/c1-5-18-15-9-11(2)13(8-12(15)3)14-10-17(4)7-6-16-14/h8-9,14,16H,5-7,10H2,1-4H3. The fourth-order valence-corrected chi connectivity index (χ4v) is 2.60. The average Bonchev–Trinajstić information content (AvgIpc) is 2.33. The van der Waals surface area contributed by atoms with Gasteiger partial charge in [0.15, 0.2) is 0 Å². The number of nitrogens with one attached hydrogen (secondary N) is 1. The molecule has 0 saturated carbocycles. The Bertz CT molecular complexity index is 417. The van der Waals surface area contributed by atoms with E-state index >= 15 is 0 Å². The molecule has 1 fully saturated rings. The quantitative estimate of drug-likeness (QED) is 0.888. The van der Waals surface area contributed by atoms with Crippen LogP contribution in [-0.2, 0) is 0 Å². The molecule has 0 aliphatic carbocycles. The third-order valence-corrected chi connectivity index (χ3v) is 3.62. The van der Waals surface area contributed by atoms with Gasteiger partial charge in [-0.2, -0.15) is 0 Å². The molecule has 3 nitrogen and oxygen atoms in total. The first-order valence-electron chi connectivity index (χ1n) is 6.77. The van der Waals surface area contributed by atoms with Gasteiger partial charge in [0.2, 0.25) is 0 Å². The van der Waals surface area contributed by atoms with E-state index in [1.807, 2.05) is 6.92 Å². The van der Waals surface area contributed by atoms with Crippen molar-refractivity contribution < 1.29 is 4.74 Å². The molecule has 18 heavy (non-hydrogen) atoms. The number of likely N-dealkylation sites (N-methyl/N-ethyl adjacent to an activating group) is 1. The Hall–Kier alpha value is -1.06. The second-order valence-electron chi connectivity index (χ2n) is 5.18. The molecule has 0 amide bonds. The van der Waals surface area contributed by atoms with Crippen LogP contribution in [0.4, 0.5) is 0 Å². The lowest BCUT2D eigenvalue weighted by Crippen LogP contribution is -2.43. The zero-order valence-electron chi connectivity index (χ0n) is 11.9. The second kappa shape index (κ2) is 5.72. The summed E-state index contributed by atoms with van der Waals surface area (Å²) < 4.78 is 5.65. The highest BCUT2D eigenvalue weighted by Crippen LogP contribution is 2.28. The summed E-state index contributed by atoms with van der Waals surface area (Å²) in [4.78, 5) is 2.38. The van der Waals surface area contributed by atoms with Crippen LogP contribution in [0.2, 0.25) is 0 Å². The van der Waals surface area contributed by atoms with Crippen LogP contribution in [-0.4, -0.2) is 38.2 Å². The Balaban J connectivity index is 2.25. The van der Waals surface area contributed by atoms with E-state index < -0.39 is 0 Å². The van der Waals surface area contributed by atoms with Crippen LogP contribution in [0.1, 0.15) is 29.7 Å². The highest BCUT2D eigenvalue weighted by molar-refractivity contribution is 5.43. The zero-order chi connectivity index (χ0) is 13.1. The summed E-state index contributed by atoms with van der Waals surface area (Å²) in [7, 11) is 2.19. The van der Waals surface area contributed by atoms with Crippen molar-refractivity contribution in [1.82, 2.24) is 10.2 Å². The average molecular weight is 248 g/mol. The van der Waals surface area contributed by atoms with Crippen molar-refractivity contribution in [3.8, 4) is 5.75 Å². The molecule has 1 heterocycles. The third kappa shape index (κ3) is 2.85. The molecule has 1 aliphatic rings. The highest BCUT2D eigenvalue weighted by atomic mass is 16.5. The first-order chi connectivity index (χ1) is 8.61. The summed E-state index contributed by atoms with van der Waals surface area (Å²) in [5.41, 5.74) is 3.95. The molecule has 1 saturated heterocycles. The first kappa shape index (κ1) is 13.4. The molecule has 1 aromatic rings. The molecule has 1 aliphatic heterocycles. The van der Waals surface area contributed by atoms with E-state index in [1.54, 1.807) is 0 Å². The summed E-state index contributed by atoms with van der Waals surface area (Å²) in [5, 5.41) is 3.60. The van der Waals surface area contributed by atoms with Crippen LogP contribution in [0.25, 0.3) is 0 Å². The van der Waals surface area contributed by atoms with Gasteiger partial charge in [-0.15, -0.1) is 0 Å². The summed E-state index contributed by atoms with van der Waals surface area (Å²) in [5.74, 6) is 1.02. The summed E-state index contributed by atoms with van der Waals surface area (Å²) in [6.45, 7) is 10.3. The van der Waals surface area contributed by atoms with E-state index in [0.717, 1.165) is 32.0 Å². The molecule has 1 unspecified atom stereocenters. The van der Waals surface area contributed by atoms with E-state index in [0.29, 0.717) is 6.04 Å². The lowest BCUT2D eigenvalue weighted by atomic mass is 9.97. The molecular formula is C15H24N2O. The van der Waals surface area contributed by atoms with Crippen LogP contribution in [0.3, 0.4) is 0 Å². The summed E-state index contributed by atoms with van der Waals surface area (Å²) >= 11 is 0. The number of piperazine rings is 1. The molecule has 2 rings (SSSR count). The molecule has 0 bridgehead atoms. The molecule has 1 atom stereocenters. The fraction of sp³-hybridized carbons (Fsp3) is 0.600. The number of hydrogen-bond acceptors (Lipinski definition) is 3. The predicted octanol–water partition coefficient (Wildman–Crippen LogP) is 2.28. The van der Waals surface area contributed by atoms with Crippen LogP contribution in [0.15, 0.2) is 12.1 Å². The Morgan fingerprint density at radius 1 is 1.33 bits per heavy atom. The minimum Gasteiger partial charge on any atom is -0.494 e. The van der Waals surface area contributed by atoms with Crippen molar-refractivity contribution in [1.29, 1.82) is 0 Å². The zero-order valence-corrected chi connectivity index (χ0v) is 11.9. The van der Waals surface area contributed by atoms with Crippen LogP contribution < -0.4 is 10.1 Å². The molecule has 0 radical (unpaired) electrons. The Kier molecular flexibility index (Phi) is 4.25. The van der Waals surface area contributed by atoms with Gasteiger partial charge >= 0.3 is 0 Å². The van der Waals surface area contributed by atoms with E-state index in [4.69, 9.17) is 4.74 Å². The highest BCUT2D eigenvalue weighted by Gasteiger charge is 2.20. The van der Waals surface area contributed by atoms with Gasteiger partial charge in [0.25, 0.3) is 0 Å². The van der Waals surface area contributed by atoms with Crippen molar-refractivity contribution in [2.24, 2.45) is 0 Å². The maximum atomic E-state index is 5.65. The van der Waals surface area contributed by atoms with E-state index in [9.17, 15) is 0 Å². The second-order valence-corrected chi connectivity index (χ2v) is 5.18. The topological polar surface area (TPSA) is 24.5 Å². The number of ether oxygens (including phenoxy) is 1. The van der Waals surface area contributed by atoms with E-state index in [1.165, 1.54) is 16.7 Å². The van der Waals surface area contributed by atoms with Gasteiger partial charge in [-0.05, 0) is 50.6 Å². The van der Waals surface area contributed by atoms with Crippen molar-refractivity contribution in [2.75, 3.05) is 33.3 Å². The Labute approximate surface area is 110 Å². The van der Waals surface area contributed by atoms with Gasteiger partial charge in [0, 0.05) is 25.7 Å². The van der Waals surface area contributed by atoms with Crippen molar-refractivity contribution in [3.05, 3.63) is 28.8 Å². The lowest BCUT2D eigenvalue weighted by Gasteiger charge is -2.32. The van der Waals surface area contributed by atoms with Crippen LogP contribution >= 0.6 is 0 Å². The van der Waals surface area contributed by atoms with Crippen molar-refractivity contribution >= 4 is 0 Å². The van der Waals surface area contributed by atoms with Gasteiger partial charge in [-0.25, -0.2) is 0 Å². The van der Waals surface area contributed by atoms with Gasteiger partial charge in [0.1, 0.15) is 5.75 Å². The first-order valence-corrected chi connectivity index (χ1v) is 6.77. The third-order valence-electron chi connectivity index (χ3n) is 3.62. The van der Waals surface area contributed by atoms with Gasteiger partial charge in [-0.1, -0.05) is 6.07 Å². The summed E-state index contributed by atoms with van der Waals surface area (Å²) in [6, 6.07) is 4.89. The van der Waals surface area contributed by atoms with Crippen molar-refractivity contribution in [2.45, 2.75) is 26.8 Å². The minimum atomic E-state index is 0.443. The molecule has 0 aromatic heterocycles. The van der Waals surface area contributed by atoms with Crippen molar-refractivity contribution in [3.63, 3.8) is 0 Å². The molecule has 1 aromatic carbocycles. The smallest absolute Gasteiger partial charge is 0.122 e. The normalized spacial score (nSPS) is 21.0. The maximum absolute atomic E-state index is 5.65. The van der Waals surface area contributed by atoms with E-state index in [2.05, 4.69) is 43.2 Å². The maximum Gasteiger partial charge on any atom is 0.122 e. The molecule has 0 spiro atoms. The lowest BCUT2D eigenvalue weighted by molar-refractivity contribution is 0.240. The van der Waals surface area contributed by atoms with Gasteiger partial charge in [0.05, 0.1) is 6.61 Å². The largest absolute Gasteiger partial charge is 0.494 e. The number of rotatable bonds is 3. The Morgan fingerprint density at radius 2 is 2.11 bits per heavy atom. The fourth-order valence-electron chi connectivity index (χ4n) is 2.60. The molecule has 100 valence electrons. The molecular weight excluding hydrogens is 224 g/mol.